The Balaban J connectivity index is 1.49. The molecule has 0 spiro atoms. The number of pyridine rings is 1. The number of anilines is 1. The third kappa shape index (κ3) is 5.45. The van der Waals surface area contributed by atoms with Gasteiger partial charge in [-0.15, -0.1) is 0 Å². The summed E-state index contributed by atoms with van der Waals surface area (Å²) < 4.78 is 0. The van der Waals surface area contributed by atoms with Crippen LogP contribution < -0.4 is 10.6 Å². The fraction of sp³-hybridized carbons (Fsp3) is 0.474. The van der Waals surface area contributed by atoms with Crippen molar-refractivity contribution in [3.8, 4) is 0 Å². The maximum absolute atomic E-state index is 12.2. The zero-order valence-electron chi connectivity index (χ0n) is 15.5. The lowest BCUT2D eigenvalue weighted by molar-refractivity contribution is 0.0348. The van der Waals surface area contributed by atoms with Crippen LogP contribution in [0.15, 0.2) is 36.8 Å². The second kappa shape index (κ2) is 9.38. The molecule has 2 aromatic rings. The van der Waals surface area contributed by atoms with Crippen molar-refractivity contribution >= 4 is 11.9 Å². The van der Waals surface area contributed by atoms with Crippen molar-refractivity contribution in [1.82, 2.24) is 25.2 Å². The maximum Gasteiger partial charge on any atom is 0.270 e. The average Bonchev–Trinajstić information content (AvgIpc) is 2.70. The minimum Gasteiger partial charge on any atom is -0.390 e. The molecule has 1 fully saturated rings. The predicted molar refractivity (Wildman–Crippen MR) is 102 cm³/mol. The molecule has 2 atom stereocenters. The normalized spacial score (nSPS) is 20.2. The molecule has 0 aliphatic carbocycles. The number of nitrogens with one attached hydrogen (secondary N) is 2. The van der Waals surface area contributed by atoms with Crippen molar-refractivity contribution in [1.29, 1.82) is 0 Å². The van der Waals surface area contributed by atoms with Crippen LogP contribution in [0, 0.1) is 0 Å². The Hall–Kier alpha value is -2.58. The zero-order valence-corrected chi connectivity index (χ0v) is 15.5. The molecule has 0 bridgehead atoms. The Morgan fingerprint density at radius 2 is 2.11 bits per heavy atom. The monoisotopic (exact) mass is 370 g/mol. The highest BCUT2D eigenvalue weighted by Gasteiger charge is 2.29. The van der Waals surface area contributed by atoms with Gasteiger partial charge in [0, 0.05) is 50.3 Å². The highest BCUT2D eigenvalue weighted by molar-refractivity contribution is 5.92. The van der Waals surface area contributed by atoms with Gasteiger partial charge in [-0.05, 0) is 25.0 Å². The molecule has 8 heteroatoms. The third-order valence-corrected chi connectivity index (χ3v) is 4.52. The van der Waals surface area contributed by atoms with Crippen LogP contribution in [-0.2, 0) is 6.54 Å². The molecule has 3 N–H and O–H groups in total. The molecular formula is C19H26N6O2. The first-order valence-corrected chi connectivity index (χ1v) is 9.33. The van der Waals surface area contributed by atoms with Crippen LogP contribution in [0.25, 0.3) is 0 Å². The minimum absolute atomic E-state index is 0.253. The van der Waals surface area contributed by atoms with Gasteiger partial charge in [0.05, 0.1) is 12.1 Å². The largest absolute Gasteiger partial charge is 0.390 e. The zero-order chi connectivity index (χ0) is 19.1. The number of carbonyl (C=O) groups is 1. The molecule has 0 saturated carbocycles. The summed E-state index contributed by atoms with van der Waals surface area (Å²) in [6.07, 6.45) is 6.28. The van der Waals surface area contributed by atoms with Gasteiger partial charge in [-0.1, -0.05) is 13.0 Å². The Kier molecular flexibility index (Phi) is 6.67. The summed E-state index contributed by atoms with van der Waals surface area (Å²) in [5.74, 6) is 0.383. The lowest BCUT2D eigenvalue weighted by atomic mass is 10.0. The van der Waals surface area contributed by atoms with Gasteiger partial charge < -0.3 is 15.7 Å². The highest BCUT2D eigenvalue weighted by Crippen LogP contribution is 2.15. The smallest absolute Gasteiger partial charge is 0.270 e. The molecule has 1 saturated heterocycles. The van der Waals surface area contributed by atoms with Gasteiger partial charge in [0.1, 0.15) is 5.69 Å². The second-order valence-electron chi connectivity index (χ2n) is 6.73. The van der Waals surface area contributed by atoms with E-state index in [1.54, 1.807) is 24.4 Å². The van der Waals surface area contributed by atoms with Crippen molar-refractivity contribution in [2.75, 3.05) is 25.0 Å². The molecule has 8 nitrogen and oxygen atoms in total. The van der Waals surface area contributed by atoms with Gasteiger partial charge in [0.15, 0.2) is 0 Å². The first-order valence-electron chi connectivity index (χ1n) is 9.33. The number of hydrogen-bond acceptors (Lipinski definition) is 7. The van der Waals surface area contributed by atoms with E-state index < -0.39 is 6.10 Å². The number of piperidine rings is 1. The van der Waals surface area contributed by atoms with Gasteiger partial charge in [0.25, 0.3) is 5.91 Å². The molecule has 0 unspecified atom stereocenters. The van der Waals surface area contributed by atoms with E-state index >= 15 is 0 Å². The van der Waals surface area contributed by atoms with Gasteiger partial charge in [-0.25, -0.2) is 9.97 Å². The van der Waals surface area contributed by atoms with Crippen LogP contribution in [0.5, 0.6) is 0 Å². The Morgan fingerprint density at radius 3 is 2.78 bits per heavy atom. The number of nitrogens with zero attached hydrogens (tertiary/aromatic N) is 4. The molecular weight excluding hydrogens is 344 g/mol. The van der Waals surface area contributed by atoms with Crippen molar-refractivity contribution in [2.24, 2.45) is 0 Å². The molecule has 3 heterocycles. The van der Waals surface area contributed by atoms with Crippen LogP contribution in [0.1, 0.15) is 35.8 Å². The first-order chi connectivity index (χ1) is 13.2. The molecule has 144 valence electrons. The lowest BCUT2D eigenvalue weighted by Gasteiger charge is -2.36. The Morgan fingerprint density at radius 1 is 1.30 bits per heavy atom. The van der Waals surface area contributed by atoms with E-state index in [2.05, 4.69) is 37.4 Å². The van der Waals surface area contributed by atoms with Gasteiger partial charge in [-0.3, -0.25) is 14.7 Å². The molecule has 27 heavy (non-hydrogen) atoms. The van der Waals surface area contributed by atoms with Crippen molar-refractivity contribution in [3.63, 3.8) is 0 Å². The fourth-order valence-electron chi connectivity index (χ4n) is 3.07. The van der Waals surface area contributed by atoms with E-state index in [1.807, 2.05) is 12.4 Å². The van der Waals surface area contributed by atoms with E-state index in [0.717, 1.165) is 25.1 Å². The fourth-order valence-corrected chi connectivity index (χ4v) is 3.07. The molecule has 3 rings (SSSR count). The molecule has 1 aliphatic rings. The van der Waals surface area contributed by atoms with E-state index in [-0.39, 0.29) is 11.9 Å². The molecule has 0 aromatic carbocycles. The second-order valence-corrected chi connectivity index (χ2v) is 6.73. The van der Waals surface area contributed by atoms with Gasteiger partial charge in [0.2, 0.25) is 5.95 Å². The summed E-state index contributed by atoms with van der Waals surface area (Å²) in [7, 11) is 0. The van der Waals surface area contributed by atoms with Gasteiger partial charge >= 0.3 is 0 Å². The summed E-state index contributed by atoms with van der Waals surface area (Å²) in [6, 6.07) is 4.93. The summed E-state index contributed by atoms with van der Waals surface area (Å²) in [6.45, 7) is 4.88. The first kappa shape index (κ1) is 19.2. The number of aromatic nitrogens is 3. The summed E-state index contributed by atoms with van der Waals surface area (Å²) in [5, 5.41) is 16.5. The minimum atomic E-state index is -0.627. The summed E-state index contributed by atoms with van der Waals surface area (Å²) in [4.78, 5) is 27.0. The number of hydrogen-bond donors (Lipinski definition) is 3. The standard InChI is InChI=1S/C19H26N6O2/c1-2-7-21-19-22-10-14(11-23-19)12-25-9-6-15(17(26)13-25)24-18(27)16-5-3-4-8-20-16/h3-5,8,10-11,15,17,26H,2,6-7,9,12-13H2,1H3,(H,24,27)(H,21,22,23)/t15-,17-/m1/s1. The number of rotatable bonds is 7. The number of carbonyl (C=O) groups excluding carboxylic acids is 1. The van der Waals surface area contributed by atoms with Crippen LogP contribution >= 0.6 is 0 Å². The maximum atomic E-state index is 12.2. The highest BCUT2D eigenvalue weighted by atomic mass is 16.3. The van der Waals surface area contributed by atoms with Gasteiger partial charge in [-0.2, -0.15) is 0 Å². The predicted octanol–water partition coefficient (Wildman–Crippen LogP) is 1.06. The molecule has 2 aromatic heterocycles. The topological polar surface area (TPSA) is 103 Å². The summed E-state index contributed by atoms with van der Waals surface area (Å²) in [5.41, 5.74) is 1.36. The number of β-amino-alcohol motifs (C(OH)–C–C–N with tert-alkyl or cyclic N) is 1. The third-order valence-electron chi connectivity index (χ3n) is 4.52. The Bertz CT molecular complexity index is 725. The molecule has 1 aliphatic heterocycles. The molecule has 0 radical (unpaired) electrons. The van der Waals surface area contributed by atoms with E-state index in [4.69, 9.17) is 0 Å². The van der Waals surface area contributed by atoms with Crippen molar-refractivity contribution < 1.29 is 9.90 Å². The number of likely N-dealkylation sites (tertiary alicyclic amines) is 1. The van der Waals surface area contributed by atoms with Crippen LogP contribution in [-0.4, -0.2) is 62.6 Å². The number of aliphatic hydroxyl groups excluding tert-OH is 1. The van der Waals surface area contributed by atoms with Crippen LogP contribution in [0.4, 0.5) is 5.95 Å². The van der Waals surface area contributed by atoms with E-state index in [0.29, 0.717) is 31.2 Å². The SMILES string of the molecule is CCCNc1ncc(CN2CC[C@@H](NC(=O)c3ccccn3)[C@H](O)C2)cn1. The van der Waals surface area contributed by atoms with Crippen LogP contribution in [0.2, 0.25) is 0 Å². The van der Waals surface area contributed by atoms with Crippen molar-refractivity contribution in [3.05, 3.63) is 48.0 Å². The average molecular weight is 370 g/mol. The number of aliphatic hydroxyl groups is 1. The molecule has 1 amide bonds. The van der Waals surface area contributed by atoms with Crippen molar-refractivity contribution in [2.45, 2.75) is 38.5 Å². The van der Waals surface area contributed by atoms with Crippen LogP contribution in [0.3, 0.4) is 0 Å². The lowest BCUT2D eigenvalue weighted by Crippen LogP contribution is -2.53. The summed E-state index contributed by atoms with van der Waals surface area (Å²) >= 11 is 0. The Labute approximate surface area is 159 Å². The van der Waals surface area contributed by atoms with E-state index in [9.17, 15) is 9.90 Å². The quantitative estimate of drug-likeness (QED) is 0.669. The van der Waals surface area contributed by atoms with E-state index in [1.165, 1.54) is 0 Å². The number of amides is 1.